The maximum absolute atomic E-state index is 2.41. The second kappa shape index (κ2) is 10.8. The summed E-state index contributed by atoms with van der Waals surface area (Å²) in [5.74, 6) is 0.423. The third-order valence-electron chi connectivity index (χ3n) is 7.27. The molecule has 0 spiro atoms. The van der Waals surface area contributed by atoms with E-state index in [9.17, 15) is 0 Å². The van der Waals surface area contributed by atoms with E-state index in [-0.39, 0.29) is 7.92 Å². The largest absolute Gasteiger partial charge is 0.0724 e. The second-order valence-electron chi connectivity index (χ2n) is 9.63. The Kier molecular flexibility index (Phi) is 7.83. The molecule has 2 aliphatic rings. The van der Waals surface area contributed by atoms with Gasteiger partial charge in [0.1, 0.15) is 0 Å². The summed E-state index contributed by atoms with van der Waals surface area (Å²) in [5.41, 5.74) is 6.45. The average Bonchev–Trinajstić information content (AvgIpc) is 2.81. The maximum atomic E-state index is 2.41. The quantitative estimate of drug-likeness (QED) is 0.410. The normalized spacial score (nSPS) is 18.7. The van der Waals surface area contributed by atoms with Gasteiger partial charge < -0.3 is 0 Å². The van der Waals surface area contributed by atoms with Crippen molar-refractivity contribution in [2.45, 2.75) is 95.3 Å². The summed E-state index contributed by atoms with van der Waals surface area (Å²) in [6.07, 6.45) is 14.6. The molecular formula is C29H39P. The molecule has 1 heteroatoms. The van der Waals surface area contributed by atoms with E-state index in [2.05, 4.69) is 74.5 Å². The zero-order valence-corrected chi connectivity index (χ0v) is 19.9. The lowest BCUT2D eigenvalue weighted by atomic mass is 9.89. The highest BCUT2D eigenvalue weighted by atomic mass is 31.1. The molecule has 0 saturated heterocycles. The first-order valence-corrected chi connectivity index (χ1v) is 13.8. The van der Waals surface area contributed by atoms with Gasteiger partial charge in [0.15, 0.2) is 0 Å². The van der Waals surface area contributed by atoms with Gasteiger partial charge in [-0.2, -0.15) is 0 Å². The molecule has 0 aliphatic heterocycles. The highest BCUT2D eigenvalue weighted by molar-refractivity contribution is 7.63. The van der Waals surface area contributed by atoms with E-state index < -0.39 is 0 Å². The number of hydrogen-bond donors (Lipinski definition) is 0. The van der Waals surface area contributed by atoms with E-state index in [4.69, 9.17) is 0 Å². The average molecular weight is 419 g/mol. The summed E-state index contributed by atoms with van der Waals surface area (Å²) >= 11 is 0. The topological polar surface area (TPSA) is 0 Å². The smallest absolute Gasteiger partial charge is 0.0343 e. The van der Waals surface area contributed by atoms with E-state index in [0.29, 0.717) is 5.92 Å². The van der Waals surface area contributed by atoms with Crippen molar-refractivity contribution >= 4 is 7.92 Å². The van der Waals surface area contributed by atoms with Crippen molar-refractivity contribution in [3.63, 3.8) is 0 Å². The summed E-state index contributed by atoms with van der Waals surface area (Å²) in [7, 11) is -0.107. The first-order valence-electron chi connectivity index (χ1n) is 12.3. The molecule has 2 aromatic rings. The predicted molar refractivity (Wildman–Crippen MR) is 134 cm³/mol. The van der Waals surface area contributed by atoms with Crippen LogP contribution in [-0.2, 0) is 0 Å². The standard InChI is InChI=1S/C29H39P/c1-23(2)29(28(24-15-7-3-8-16-24)25-17-9-4-10-18-25)30(26-19-11-5-12-20-26)27-21-13-6-14-22-27/h3-4,7-10,15-18,26-28H,5-6,11-14,19-22H2,1-2H3. The molecule has 30 heavy (non-hydrogen) atoms. The van der Waals surface area contributed by atoms with E-state index in [0.717, 1.165) is 11.3 Å². The summed E-state index contributed by atoms with van der Waals surface area (Å²) in [6.45, 7) is 4.82. The number of allylic oxidation sites excluding steroid dienone is 2. The summed E-state index contributed by atoms with van der Waals surface area (Å²) in [4.78, 5) is 0. The van der Waals surface area contributed by atoms with Crippen molar-refractivity contribution in [1.82, 2.24) is 0 Å². The summed E-state index contributed by atoms with van der Waals surface area (Å²) in [6, 6.07) is 22.7. The van der Waals surface area contributed by atoms with E-state index in [1.807, 2.05) is 5.31 Å². The van der Waals surface area contributed by atoms with E-state index in [1.165, 1.54) is 75.3 Å². The first-order chi connectivity index (χ1) is 14.8. The van der Waals surface area contributed by atoms with E-state index >= 15 is 0 Å². The van der Waals surface area contributed by atoms with Gasteiger partial charge in [0.2, 0.25) is 0 Å². The second-order valence-corrected chi connectivity index (χ2v) is 12.4. The molecule has 0 radical (unpaired) electrons. The van der Waals surface area contributed by atoms with Crippen molar-refractivity contribution in [3.05, 3.63) is 82.7 Å². The monoisotopic (exact) mass is 418 g/mol. The van der Waals surface area contributed by atoms with Gasteiger partial charge in [-0.1, -0.05) is 113 Å². The van der Waals surface area contributed by atoms with Crippen LogP contribution in [0.3, 0.4) is 0 Å². The van der Waals surface area contributed by atoms with Crippen molar-refractivity contribution in [2.75, 3.05) is 0 Å². The molecule has 2 fully saturated rings. The maximum Gasteiger partial charge on any atom is 0.0343 e. The highest BCUT2D eigenvalue weighted by Gasteiger charge is 2.37. The Labute approximate surface area is 185 Å². The first kappa shape index (κ1) is 21.8. The van der Waals surface area contributed by atoms with Crippen LogP contribution in [0.1, 0.15) is 95.1 Å². The molecule has 0 N–H and O–H groups in total. The Balaban J connectivity index is 1.82. The lowest BCUT2D eigenvalue weighted by molar-refractivity contribution is 0.485. The van der Waals surface area contributed by atoms with Crippen LogP contribution >= 0.6 is 7.92 Å². The molecular weight excluding hydrogens is 379 g/mol. The minimum atomic E-state index is -0.107. The van der Waals surface area contributed by atoms with Crippen molar-refractivity contribution in [2.24, 2.45) is 0 Å². The molecule has 4 rings (SSSR count). The fourth-order valence-electron chi connectivity index (χ4n) is 5.91. The highest BCUT2D eigenvalue weighted by Crippen LogP contribution is 2.65. The van der Waals surface area contributed by atoms with Gasteiger partial charge in [0, 0.05) is 5.92 Å². The van der Waals surface area contributed by atoms with E-state index in [1.54, 1.807) is 5.57 Å². The van der Waals surface area contributed by atoms with Gasteiger partial charge in [-0.05, 0) is 67.3 Å². The molecule has 0 amide bonds. The minimum Gasteiger partial charge on any atom is -0.0724 e. The number of rotatable bonds is 6. The molecule has 2 saturated carbocycles. The van der Waals surface area contributed by atoms with Gasteiger partial charge in [-0.15, -0.1) is 0 Å². The molecule has 0 atom stereocenters. The predicted octanol–water partition coefficient (Wildman–Crippen LogP) is 9.26. The van der Waals surface area contributed by atoms with Crippen molar-refractivity contribution in [3.8, 4) is 0 Å². The lowest BCUT2D eigenvalue weighted by Gasteiger charge is -2.43. The van der Waals surface area contributed by atoms with Crippen LogP contribution < -0.4 is 0 Å². The molecule has 2 aromatic carbocycles. The van der Waals surface area contributed by atoms with Gasteiger partial charge in [-0.3, -0.25) is 0 Å². The van der Waals surface area contributed by atoms with Crippen LogP contribution in [0, 0.1) is 0 Å². The van der Waals surface area contributed by atoms with Crippen molar-refractivity contribution < 1.29 is 0 Å². The zero-order chi connectivity index (χ0) is 20.8. The third kappa shape index (κ3) is 5.08. The molecule has 0 bridgehead atoms. The van der Waals surface area contributed by atoms with Crippen LogP contribution in [0.2, 0.25) is 0 Å². The SMILES string of the molecule is CC(C)=C(C(c1ccccc1)c1ccccc1)P(C1CCCCC1)C1CCCCC1. The van der Waals surface area contributed by atoms with Gasteiger partial charge in [0.05, 0.1) is 0 Å². The van der Waals surface area contributed by atoms with Crippen LogP contribution in [0.4, 0.5) is 0 Å². The molecule has 0 aromatic heterocycles. The zero-order valence-electron chi connectivity index (χ0n) is 19.0. The molecule has 0 unspecified atom stereocenters. The van der Waals surface area contributed by atoms with Crippen molar-refractivity contribution in [1.29, 1.82) is 0 Å². The van der Waals surface area contributed by atoms with Crippen LogP contribution in [0.15, 0.2) is 71.6 Å². The fraction of sp³-hybridized carbons (Fsp3) is 0.517. The lowest BCUT2D eigenvalue weighted by Crippen LogP contribution is -2.23. The molecule has 0 nitrogen and oxygen atoms in total. The summed E-state index contributed by atoms with van der Waals surface area (Å²) in [5, 5.41) is 1.82. The molecule has 2 aliphatic carbocycles. The van der Waals surface area contributed by atoms with Gasteiger partial charge in [0.25, 0.3) is 0 Å². The Morgan fingerprint density at radius 1 is 0.633 bits per heavy atom. The van der Waals surface area contributed by atoms with Gasteiger partial charge >= 0.3 is 0 Å². The Morgan fingerprint density at radius 2 is 1.03 bits per heavy atom. The Hall–Kier alpha value is -1.39. The Morgan fingerprint density at radius 3 is 1.40 bits per heavy atom. The number of benzene rings is 2. The molecule has 0 heterocycles. The van der Waals surface area contributed by atoms with Gasteiger partial charge in [-0.25, -0.2) is 0 Å². The summed E-state index contributed by atoms with van der Waals surface area (Å²) < 4.78 is 0. The minimum absolute atomic E-state index is 0.107. The Bertz CT molecular complexity index is 733. The van der Waals surface area contributed by atoms with Crippen LogP contribution in [0.25, 0.3) is 0 Å². The third-order valence-corrected chi connectivity index (χ3v) is 11.1. The fourth-order valence-corrected chi connectivity index (χ4v) is 10.2. The number of hydrogen-bond acceptors (Lipinski definition) is 0. The van der Waals surface area contributed by atoms with Crippen LogP contribution in [0.5, 0.6) is 0 Å². The van der Waals surface area contributed by atoms with Crippen LogP contribution in [-0.4, -0.2) is 11.3 Å². The molecule has 160 valence electrons.